The van der Waals surface area contributed by atoms with Crippen molar-refractivity contribution in [3.05, 3.63) is 30.6 Å². The second kappa shape index (κ2) is 6.25. The van der Waals surface area contributed by atoms with Crippen molar-refractivity contribution in [3.63, 3.8) is 0 Å². The number of rotatable bonds is 5. The molecule has 0 aliphatic rings. The minimum Gasteiger partial charge on any atom is -0.325 e. The Morgan fingerprint density at radius 1 is 1.45 bits per heavy atom. The van der Waals surface area contributed by atoms with Crippen molar-refractivity contribution in [1.82, 2.24) is 20.2 Å². The SMILES string of the molecule is CC(C)C[C@@H](N)C(=O)Nc1cccc(-n2cnnn2)c1. The third-order valence-corrected chi connectivity index (χ3v) is 2.79. The molecule has 7 nitrogen and oxygen atoms in total. The number of carbonyl (C=O) groups is 1. The summed E-state index contributed by atoms with van der Waals surface area (Å²) in [5.41, 5.74) is 7.29. The van der Waals surface area contributed by atoms with Crippen LogP contribution in [-0.2, 0) is 4.79 Å². The predicted molar refractivity (Wildman–Crippen MR) is 75.2 cm³/mol. The molecule has 2 rings (SSSR count). The normalized spacial score (nSPS) is 12.4. The number of tetrazole rings is 1. The van der Waals surface area contributed by atoms with E-state index in [1.165, 1.54) is 11.0 Å². The van der Waals surface area contributed by atoms with Crippen LogP contribution in [0.3, 0.4) is 0 Å². The zero-order valence-corrected chi connectivity index (χ0v) is 11.5. The van der Waals surface area contributed by atoms with Gasteiger partial charge in [0.1, 0.15) is 6.33 Å². The van der Waals surface area contributed by atoms with Gasteiger partial charge in [-0.15, -0.1) is 5.10 Å². The third-order valence-electron chi connectivity index (χ3n) is 2.79. The molecule has 0 radical (unpaired) electrons. The Bertz CT molecular complexity index is 566. The summed E-state index contributed by atoms with van der Waals surface area (Å²) in [6.45, 7) is 4.07. The van der Waals surface area contributed by atoms with Crippen LogP contribution in [-0.4, -0.2) is 32.2 Å². The molecule has 1 atom stereocenters. The number of nitrogens with zero attached hydrogens (tertiary/aromatic N) is 4. The Morgan fingerprint density at radius 3 is 2.90 bits per heavy atom. The smallest absolute Gasteiger partial charge is 0.241 e. The molecule has 3 N–H and O–H groups in total. The summed E-state index contributed by atoms with van der Waals surface area (Å²) in [6.07, 6.45) is 2.14. The van der Waals surface area contributed by atoms with Gasteiger partial charge >= 0.3 is 0 Å². The van der Waals surface area contributed by atoms with Crippen molar-refractivity contribution in [2.24, 2.45) is 11.7 Å². The van der Waals surface area contributed by atoms with Gasteiger partial charge in [0.15, 0.2) is 0 Å². The third kappa shape index (κ3) is 3.61. The van der Waals surface area contributed by atoms with Gasteiger partial charge in [0.25, 0.3) is 0 Å². The standard InChI is InChI=1S/C13H18N6O/c1-9(2)6-12(14)13(20)16-10-4-3-5-11(7-10)19-8-15-17-18-19/h3-5,7-9,12H,6,14H2,1-2H3,(H,16,20)/t12-/m1/s1. The first-order valence-corrected chi connectivity index (χ1v) is 6.46. The van der Waals surface area contributed by atoms with E-state index in [1.807, 2.05) is 26.0 Å². The van der Waals surface area contributed by atoms with E-state index in [1.54, 1.807) is 12.1 Å². The van der Waals surface area contributed by atoms with Gasteiger partial charge in [0.2, 0.25) is 5.91 Å². The van der Waals surface area contributed by atoms with E-state index in [0.717, 1.165) is 5.69 Å². The van der Waals surface area contributed by atoms with E-state index in [-0.39, 0.29) is 5.91 Å². The maximum absolute atomic E-state index is 12.0. The Kier molecular flexibility index (Phi) is 4.41. The van der Waals surface area contributed by atoms with Crippen molar-refractivity contribution in [2.75, 3.05) is 5.32 Å². The number of carbonyl (C=O) groups excluding carboxylic acids is 1. The number of anilines is 1. The minimum absolute atomic E-state index is 0.187. The van der Waals surface area contributed by atoms with Gasteiger partial charge in [-0.2, -0.15) is 0 Å². The summed E-state index contributed by atoms with van der Waals surface area (Å²) in [6, 6.07) is 6.75. The van der Waals surface area contributed by atoms with E-state index in [2.05, 4.69) is 20.8 Å². The lowest BCUT2D eigenvalue weighted by atomic mass is 10.0. The van der Waals surface area contributed by atoms with Crippen molar-refractivity contribution in [3.8, 4) is 5.69 Å². The van der Waals surface area contributed by atoms with Crippen molar-refractivity contribution >= 4 is 11.6 Å². The molecular formula is C13H18N6O. The van der Waals surface area contributed by atoms with Crippen LogP contribution < -0.4 is 11.1 Å². The maximum Gasteiger partial charge on any atom is 0.241 e. The van der Waals surface area contributed by atoms with Crippen LogP contribution in [0.4, 0.5) is 5.69 Å². The molecular weight excluding hydrogens is 256 g/mol. The molecule has 0 aliphatic heterocycles. The fourth-order valence-electron chi connectivity index (χ4n) is 1.86. The molecule has 106 valence electrons. The second-order valence-corrected chi connectivity index (χ2v) is 5.03. The van der Waals surface area contributed by atoms with Crippen LogP contribution >= 0.6 is 0 Å². The van der Waals surface area contributed by atoms with Crippen molar-refractivity contribution < 1.29 is 4.79 Å². The minimum atomic E-state index is -0.508. The summed E-state index contributed by atoms with van der Waals surface area (Å²) >= 11 is 0. The van der Waals surface area contributed by atoms with Crippen molar-refractivity contribution in [1.29, 1.82) is 0 Å². The van der Waals surface area contributed by atoms with Crippen LogP contribution in [0.2, 0.25) is 0 Å². The highest BCUT2D eigenvalue weighted by atomic mass is 16.2. The number of aromatic nitrogens is 4. The molecule has 1 aromatic carbocycles. The zero-order chi connectivity index (χ0) is 14.5. The van der Waals surface area contributed by atoms with Crippen molar-refractivity contribution in [2.45, 2.75) is 26.3 Å². The Morgan fingerprint density at radius 2 is 2.25 bits per heavy atom. The Hall–Kier alpha value is -2.28. The predicted octanol–water partition coefficient (Wildman–Crippen LogP) is 0.974. The topological polar surface area (TPSA) is 98.7 Å². The summed E-state index contributed by atoms with van der Waals surface area (Å²) in [5.74, 6) is 0.191. The highest BCUT2D eigenvalue weighted by molar-refractivity contribution is 5.94. The molecule has 20 heavy (non-hydrogen) atoms. The Balaban J connectivity index is 2.07. The van der Waals surface area contributed by atoms with Crippen LogP contribution in [0.15, 0.2) is 30.6 Å². The van der Waals surface area contributed by atoms with Gasteiger partial charge in [0.05, 0.1) is 11.7 Å². The maximum atomic E-state index is 12.0. The molecule has 1 amide bonds. The summed E-state index contributed by atoms with van der Waals surface area (Å²) in [4.78, 5) is 12.0. The Labute approximate surface area is 117 Å². The molecule has 2 aromatic rings. The molecule has 1 heterocycles. The summed E-state index contributed by atoms with van der Waals surface area (Å²) in [7, 11) is 0. The van der Waals surface area contributed by atoms with E-state index >= 15 is 0 Å². The highest BCUT2D eigenvalue weighted by Crippen LogP contribution is 2.14. The molecule has 0 fully saturated rings. The fraction of sp³-hybridized carbons (Fsp3) is 0.385. The zero-order valence-electron chi connectivity index (χ0n) is 11.5. The van der Waals surface area contributed by atoms with Gasteiger partial charge in [-0.1, -0.05) is 19.9 Å². The lowest BCUT2D eigenvalue weighted by Gasteiger charge is -2.14. The van der Waals surface area contributed by atoms with Gasteiger partial charge in [-0.25, -0.2) is 4.68 Å². The highest BCUT2D eigenvalue weighted by Gasteiger charge is 2.15. The average Bonchev–Trinajstić information content (AvgIpc) is 2.92. The molecule has 0 aliphatic carbocycles. The van der Waals surface area contributed by atoms with Crippen LogP contribution in [0, 0.1) is 5.92 Å². The monoisotopic (exact) mass is 274 g/mol. The van der Waals surface area contributed by atoms with E-state index in [4.69, 9.17) is 5.73 Å². The first-order chi connectivity index (χ1) is 9.56. The molecule has 0 bridgehead atoms. The van der Waals surface area contributed by atoms with E-state index in [9.17, 15) is 4.79 Å². The number of nitrogens with one attached hydrogen (secondary N) is 1. The van der Waals surface area contributed by atoms with E-state index < -0.39 is 6.04 Å². The van der Waals surface area contributed by atoms with E-state index in [0.29, 0.717) is 18.0 Å². The molecule has 0 spiro atoms. The molecule has 0 unspecified atom stereocenters. The number of amides is 1. The fourth-order valence-corrected chi connectivity index (χ4v) is 1.86. The number of benzene rings is 1. The average molecular weight is 274 g/mol. The summed E-state index contributed by atoms with van der Waals surface area (Å²) < 4.78 is 1.52. The number of hydrogen-bond donors (Lipinski definition) is 2. The van der Waals surface area contributed by atoms with Crippen LogP contribution in [0.1, 0.15) is 20.3 Å². The molecule has 0 saturated heterocycles. The van der Waals surface area contributed by atoms with Gasteiger partial charge in [0, 0.05) is 5.69 Å². The quantitative estimate of drug-likeness (QED) is 0.846. The van der Waals surface area contributed by atoms with Gasteiger partial charge < -0.3 is 11.1 Å². The molecule has 1 aromatic heterocycles. The second-order valence-electron chi connectivity index (χ2n) is 5.03. The van der Waals surface area contributed by atoms with Crippen LogP contribution in [0.25, 0.3) is 5.69 Å². The molecule has 0 saturated carbocycles. The first-order valence-electron chi connectivity index (χ1n) is 6.46. The largest absolute Gasteiger partial charge is 0.325 e. The number of nitrogens with two attached hydrogens (primary N) is 1. The summed E-state index contributed by atoms with van der Waals surface area (Å²) in [5, 5.41) is 13.8. The van der Waals surface area contributed by atoms with Gasteiger partial charge in [-0.05, 0) is 41.0 Å². The van der Waals surface area contributed by atoms with Gasteiger partial charge in [-0.3, -0.25) is 4.79 Å². The van der Waals surface area contributed by atoms with Crippen LogP contribution in [0.5, 0.6) is 0 Å². The lowest BCUT2D eigenvalue weighted by molar-refractivity contribution is -0.117. The lowest BCUT2D eigenvalue weighted by Crippen LogP contribution is -2.36. The number of hydrogen-bond acceptors (Lipinski definition) is 5. The molecule has 7 heteroatoms. The first kappa shape index (κ1) is 14.1.